The molecule has 0 aliphatic heterocycles. The van der Waals surface area contributed by atoms with Crippen molar-refractivity contribution in [3.05, 3.63) is 47.0 Å². The molecule has 0 spiro atoms. The summed E-state index contributed by atoms with van der Waals surface area (Å²) in [7, 11) is 0. The zero-order chi connectivity index (χ0) is 14.4. The van der Waals surface area contributed by atoms with Crippen molar-refractivity contribution < 1.29 is 5.21 Å². The number of nitrogens with two attached hydrogens (primary N) is 1. The highest BCUT2D eigenvalue weighted by Gasteiger charge is 2.09. The van der Waals surface area contributed by atoms with Gasteiger partial charge in [-0.05, 0) is 55.8 Å². The maximum atomic E-state index is 8.68. The Balaban J connectivity index is 1.88. The summed E-state index contributed by atoms with van der Waals surface area (Å²) in [5.74, 6) is 0.915. The Morgan fingerprint density at radius 2 is 2.30 bits per heavy atom. The van der Waals surface area contributed by atoms with E-state index in [-0.39, 0.29) is 5.84 Å². The van der Waals surface area contributed by atoms with Gasteiger partial charge >= 0.3 is 0 Å². The Morgan fingerprint density at radius 3 is 2.95 bits per heavy atom. The average Bonchev–Trinajstić information content (AvgIpc) is 2.49. The molecule has 1 aliphatic rings. The normalized spacial score (nSPS) is 19.2. The molecule has 0 heterocycles. The minimum absolute atomic E-state index is 0.154. The molecule has 0 bridgehead atoms. The zero-order valence-corrected chi connectivity index (χ0v) is 12.0. The second kappa shape index (κ2) is 7.10. The van der Waals surface area contributed by atoms with Gasteiger partial charge in [0.15, 0.2) is 5.84 Å². The van der Waals surface area contributed by atoms with E-state index in [1.54, 1.807) is 0 Å². The standard InChI is InChI=1S/C16H23N3O/c1-12-9-14(16(17)19-20)7-8-15(12)11-18-10-13-5-3-2-4-6-13/h2-3,7-9,13,18,20H,4-6,10-11H2,1H3,(H2,17,19). The van der Waals surface area contributed by atoms with Crippen LogP contribution in [0.4, 0.5) is 0 Å². The van der Waals surface area contributed by atoms with Gasteiger partial charge in [0.05, 0.1) is 0 Å². The lowest BCUT2D eigenvalue weighted by atomic mass is 9.94. The van der Waals surface area contributed by atoms with Crippen molar-refractivity contribution in [1.29, 1.82) is 0 Å². The van der Waals surface area contributed by atoms with Crippen LogP contribution in [0.15, 0.2) is 35.5 Å². The van der Waals surface area contributed by atoms with Crippen LogP contribution in [-0.4, -0.2) is 17.6 Å². The van der Waals surface area contributed by atoms with Gasteiger partial charge in [-0.15, -0.1) is 0 Å². The summed E-state index contributed by atoms with van der Waals surface area (Å²) >= 11 is 0. The lowest BCUT2D eigenvalue weighted by molar-refractivity contribution is 0.318. The quantitative estimate of drug-likeness (QED) is 0.254. The molecule has 0 amide bonds. The van der Waals surface area contributed by atoms with Crippen molar-refractivity contribution >= 4 is 5.84 Å². The fraction of sp³-hybridized carbons (Fsp3) is 0.438. The van der Waals surface area contributed by atoms with Crippen molar-refractivity contribution in [3.8, 4) is 0 Å². The highest BCUT2D eigenvalue weighted by Crippen LogP contribution is 2.17. The molecule has 4 heteroatoms. The van der Waals surface area contributed by atoms with Gasteiger partial charge in [0.25, 0.3) is 0 Å². The van der Waals surface area contributed by atoms with E-state index in [2.05, 4.69) is 29.5 Å². The minimum atomic E-state index is 0.154. The van der Waals surface area contributed by atoms with Crippen molar-refractivity contribution in [2.75, 3.05) is 6.54 Å². The van der Waals surface area contributed by atoms with E-state index < -0.39 is 0 Å². The summed E-state index contributed by atoms with van der Waals surface area (Å²) in [6, 6.07) is 5.88. The molecule has 0 fully saturated rings. The van der Waals surface area contributed by atoms with Crippen LogP contribution >= 0.6 is 0 Å². The molecule has 0 aromatic heterocycles. The van der Waals surface area contributed by atoms with E-state index in [9.17, 15) is 0 Å². The molecule has 2 rings (SSSR count). The van der Waals surface area contributed by atoms with Crippen LogP contribution in [0.25, 0.3) is 0 Å². The minimum Gasteiger partial charge on any atom is -0.409 e. The molecule has 1 aliphatic carbocycles. The summed E-state index contributed by atoms with van der Waals surface area (Å²) in [6.45, 7) is 3.97. The van der Waals surface area contributed by atoms with Gasteiger partial charge in [0, 0.05) is 12.1 Å². The number of hydrogen-bond donors (Lipinski definition) is 3. The lowest BCUT2D eigenvalue weighted by Crippen LogP contribution is -2.23. The van der Waals surface area contributed by atoms with E-state index in [1.807, 2.05) is 18.2 Å². The van der Waals surface area contributed by atoms with Crippen molar-refractivity contribution in [1.82, 2.24) is 5.32 Å². The van der Waals surface area contributed by atoms with Gasteiger partial charge in [-0.3, -0.25) is 0 Å². The Kier molecular flexibility index (Phi) is 5.18. The van der Waals surface area contributed by atoms with Gasteiger partial charge in [-0.25, -0.2) is 0 Å². The smallest absolute Gasteiger partial charge is 0.170 e. The molecular formula is C16H23N3O. The highest BCUT2D eigenvalue weighted by molar-refractivity contribution is 5.97. The molecule has 1 aromatic carbocycles. The van der Waals surface area contributed by atoms with Crippen LogP contribution in [0.5, 0.6) is 0 Å². The third kappa shape index (κ3) is 3.84. The number of nitrogens with zero attached hydrogens (tertiary/aromatic N) is 1. The fourth-order valence-corrected chi connectivity index (χ4v) is 2.56. The second-order valence-electron chi connectivity index (χ2n) is 5.41. The molecule has 4 nitrogen and oxygen atoms in total. The van der Waals surface area contributed by atoms with Crippen LogP contribution in [0, 0.1) is 12.8 Å². The Hall–Kier alpha value is -1.81. The lowest BCUT2D eigenvalue weighted by Gasteiger charge is -2.18. The van der Waals surface area contributed by atoms with E-state index in [4.69, 9.17) is 10.9 Å². The Labute approximate surface area is 120 Å². The van der Waals surface area contributed by atoms with E-state index in [0.717, 1.165) is 30.1 Å². The molecule has 1 atom stereocenters. The highest BCUT2D eigenvalue weighted by atomic mass is 16.4. The monoisotopic (exact) mass is 273 g/mol. The average molecular weight is 273 g/mol. The maximum Gasteiger partial charge on any atom is 0.170 e. The molecule has 4 N–H and O–H groups in total. The molecule has 20 heavy (non-hydrogen) atoms. The van der Waals surface area contributed by atoms with Gasteiger partial charge < -0.3 is 16.3 Å². The number of aryl methyl sites for hydroxylation is 1. The Bertz CT molecular complexity index is 508. The van der Waals surface area contributed by atoms with Crippen LogP contribution in [-0.2, 0) is 6.54 Å². The Morgan fingerprint density at radius 1 is 1.45 bits per heavy atom. The maximum absolute atomic E-state index is 8.68. The summed E-state index contributed by atoms with van der Waals surface area (Å²) in [6.07, 6.45) is 8.23. The number of hydrogen-bond acceptors (Lipinski definition) is 3. The molecule has 0 saturated carbocycles. The van der Waals surface area contributed by atoms with E-state index in [1.165, 1.54) is 24.8 Å². The van der Waals surface area contributed by atoms with Gasteiger partial charge in [0.1, 0.15) is 0 Å². The number of nitrogens with one attached hydrogen (secondary N) is 1. The van der Waals surface area contributed by atoms with Crippen molar-refractivity contribution in [2.24, 2.45) is 16.8 Å². The number of oxime groups is 1. The van der Waals surface area contributed by atoms with Gasteiger partial charge in [0.2, 0.25) is 0 Å². The first-order valence-electron chi connectivity index (χ1n) is 7.14. The van der Waals surface area contributed by atoms with Crippen LogP contribution in [0.3, 0.4) is 0 Å². The zero-order valence-electron chi connectivity index (χ0n) is 12.0. The van der Waals surface area contributed by atoms with Crippen LogP contribution < -0.4 is 11.1 Å². The van der Waals surface area contributed by atoms with Crippen LogP contribution in [0.2, 0.25) is 0 Å². The largest absolute Gasteiger partial charge is 0.409 e. The predicted octanol–water partition coefficient (Wildman–Crippen LogP) is 2.54. The molecule has 108 valence electrons. The molecular weight excluding hydrogens is 250 g/mol. The van der Waals surface area contributed by atoms with E-state index >= 15 is 0 Å². The third-order valence-electron chi connectivity index (χ3n) is 3.87. The molecule has 1 aromatic rings. The molecule has 0 saturated heterocycles. The topological polar surface area (TPSA) is 70.6 Å². The summed E-state index contributed by atoms with van der Waals surface area (Å²) in [5.41, 5.74) is 8.76. The summed E-state index contributed by atoms with van der Waals surface area (Å²) in [4.78, 5) is 0. The van der Waals surface area contributed by atoms with Crippen molar-refractivity contribution in [2.45, 2.75) is 32.7 Å². The van der Waals surface area contributed by atoms with Crippen LogP contribution in [0.1, 0.15) is 36.0 Å². The molecule has 0 radical (unpaired) electrons. The van der Waals surface area contributed by atoms with Gasteiger partial charge in [-0.1, -0.05) is 29.4 Å². The second-order valence-corrected chi connectivity index (χ2v) is 5.41. The summed E-state index contributed by atoms with van der Waals surface area (Å²) in [5, 5.41) is 15.2. The predicted molar refractivity (Wildman–Crippen MR) is 81.9 cm³/mol. The fourth-order valence-electron chi connectivity index (χ4n) is 2.56. The van der Waals surface area contributed by atoms with E-state index in [0.29, 0.717) is 0 Å². The van der Waals surface area contributed by atoms with Crippen molar-refractivity contribution in [3.63, 3.8) is 0 Å². The number of amidine groups is 1. The van der Waals surface area contributed by atoms with Gasteiger partial charge in [-0.2, -0.15) is 0 Å². The SMILES string of the molecule is Cc1cc(/C(N)=N/O)ccc1CNCC1CC=CCC1. The summed E-state index contributed by atoms with van der Waals surface area (Å²) < 4.78 is 0. The first kappa shape index (κ1) is 14.6. The number of rotatable bonds is 5. The number of benzene rings is 1. The first-order chi connectivity index (χ1) is 9.70. The third-order valence-corrected chi connectivity index (χ3v) is 3.87. The molecule has 1 unspecified atom stereocenters. The number of allylic oxidation sites excluding steroid dienone is 2. The first-order valence-corrected chi connectivity index (χ1v) is 7.14.